The number of amidine groups is 2. The van der Waals surface area contributed by atoms with Gasteiger partial charge in [0.15, 0.2) is 5.84 Å². The number of carbonyl (C=O) groups excluding carboxylic acids is 1. The highest BCUT2D eigenvalue weighted by Crippen LogP contribution is 2.31. The van der Waals surface area contributed by atoms with Crippen LogP contribution in [0.25, 0.3) is 11.8 Å². The van der Waals surface area contributed by atoms with Crippen LogP contribution in [-0.2, 0) is 4.79 Å². The van der Waals surface area contributed by atoms with Gasteiger partial charge in [-0.25, -0.2) is 0 Å². The monoisotopic (exact) mass is 431 g/mol. The molecule has 0 saturated heterocycles. The molecule has 28 heavy (non-hydrogen) atoms. The Bertz CT molecular complexity index is 1100. The summed E-state index contributed by atoms with van der Waals surface area (Å²) in [4.78, 5) is 16.7. The number of fused-ring (bicyclic) bond motifs is 1. The number of carbonyl (C=O) groups is 1. The molecule has 0 aliphatic carbocycles. The molecule has 142 valence electrons. The molecule has 0 spiro atoms. The maximum atomic E-state index is 12.6. The van der Waals surface area contributed by atoms with E-state index in [1.165, 1.54) is 16.8 Å². The van der Waals surface area contributed by atoms with Crippen LogP contribution in [0, 0.1) is 11.3 Å². The number of rotatable bonds is 3. The molecule has 1 amide bonds. The summed E-state index contributed by atoms with van der Waals surface area (Å²) in [6.07, 6.45) is 3.46. The summed E-state index contributed by atoms with van der Waals surface area (Å²) in [5.74, 6) is -0.259. The van der Waals surface area contributed by atoms with Crippen molar-refractivity contribution in [3.63, 3.8) is 0 Å². The molecule has 0 unspecified atom stereocenters. The second kappa shape index (κ2) is 7.24. The Balaban J connectivity index is 1.74. The quantitative estimate of drug-likeness (QED) is 0.689. The van der Waals surface area contributed by atoms with Gasteiger partial charge in [-0.15, -0.1) is 0 Å². The van der Waals surface area contributed by atoms with Gasteiger partial charge in [-0.1, -0.05) is 37.0 Å². The number of thioether (sulfide) groups is 1. The van der Waals surface area contributed by atoms with E-state index in [2.05, 4.69) is 10.1 Å². The molecule has 0 atom stereocenters. The van der Waals surface area contributed by atoms with E-state index in [9.17, 15) is 4.79 Å². The Labute approximate surface area is 176 Å². The van der Waals surface area contributed by atoms with E-state index in [1.807, 2.05) is 36.7 Å². The van der Waals surface area contributed by atoms with E-state index in [0.717, 1.165) is 10.7 Å². The zero-order valence-electron chi connectivity index (χ0n) is 15.0. The van der Waals surface area contributed by atoms with Crippen LogP contribution >= 0.6 is 35.0 Å². The largest absolute Gasteiger partial charge is 0.316 e. The highest BCUT2D eigenvalue weighted by molar-refractivity contribution is 8.27. The van der Waals surface area contributed by atoms with Gasteiger partial charge in [-0.05, 0) is 48.2 Å². The lowest BCUT2D eigenvalue weighted by Gasteiger charge is -2.20. The van der Waals surface area contributed by atoms with Crippen LogP contribution in [-0.4, -0.2) is 31.5 Å². The molecule has 1 N–H and O–H groups in total. The lowest BCUT2D eigenvalue weighted by Crippen LogP contribution is -2.35. The Morgan fingerprint density at radius 3 is 2.75 bits per heavy atom. The van der Waals surface area contributed by atoms with E-state index in [-0.39, 0.29) is 17.3 Å². The fraction of sp³-hybridized carbons (Fsp3) is 0.158. The second-order valence-electron chi connectivity index (χ2n) is 6.51. The zero-order chi connectivity index (χ0) is 20.0. The third-order valence-corrected chi connectivity index (χ3v) is 5.95. The minimum absolute atomic E-state index is 0.00750. The first-order chi connectivity index (χ1) is 13.3. The van der Waals surface area contributed by atoms with Crippen LogP contribution < -0.4 is 0 Å². The minimum atomic E-state index is -0.459. The van der Waals surface area contributed by atoms with Gasteiger partial charge in [0.1, 0.15) is 5.04 Å². The fourth-order valence-corrected chi connectivity index (χ4v) is 4.19. The summed E-state index contributed by atoms with van der Waals surface area (Å²) in [7, 11) is 0. The average Bonchev–Trinajstić information content (AvgIpc) is 3.25. The maximum Gasteiger partial charge on any atom is 0.283 e. The number of aliphatic imine (C=N–C) groups is 1. The molecule has 2 aromatic rings. The number of aromatic nitrogens is 1. The number of nitrogens with one attached hydrogen (secondary N) is 1. The number of halogens is 2. The lowest BCUT2D eigenvalue weighted by atomic mass is 10.1. The molecule has 1 aromatic heterocycles. The molecule has 0 fully saturated rings. The first kappa shape index (κ1) is 19.0. The minimum Gasteiger partial charge on any atom is -0.316 e. The number of nitrogens with zero attached hydrogens (tertiary/aromatic N) is 4. The Morgan fingerprint density at radius 2 is 2.04 bits per heavy atom. The fourth-order valence-electron chi connectivity index (χ4n) is 2.80. The number of hydrogen-bond donors (Lipinski definition) is 1. The van der Waals surface area contributed by atoms with Gasteiger partial charge in [0.05, 0.1) is 16.3 Å². The molecule has 0 bridgehead atoms. The van der Waals surface area contributed by atoms with E-state index in [4.69, 9.17) is 28.6 Å². The molecular weight excluding hydrogens is 417 g/mol. The van der Waals surface area contributed by atoms with Crippen molar-refractivity contribution in [2.45, 2.75) is 13.8 Å². The molecule has 2 aliphatic rings. The topological polar surface area (TPSA) is 73.8 Å². The van der Waals surface area contributed by atoms with E-state index < -0.39 is 5.91 Å². The van der Waals surface area contributed by atoms with Crippen molar-refractivity contribution in [2.24, 2.45) is 16.0 Å². The summed E-state index contributed by atoms with van der Waals surface area (Å²) in [5, 5.41) is 16.6. The predicted molar refractivity (Wildman–Crippen MR) is 116 cm³/mol. The maximum absolute atomic E-state index is 12.6. The van der Waals surface area contributed by atoms with Crippen molar-refractivity contribution in [3.8, 4) is 5.69 Å². The normalized spacial score (nSPS) is 18.0. The van der Waals surface area contributed by atoms with E-state index >= 15 is 0 Å². The molecule has 4 rings (SSSR count). The summed E-state index contributed by atoms with van der Waals surface area (Å²) < 4.78 is 1.83. The van der Waals surface area contributed by atoms with Crippen LogP contribution in [0.1, 0.15) is 19.5 Å². The van der Waals surface area contributed by atoms with Crippen LogP contribution in [0.5, 0.6) is 0 Å². The van der Waals surface area contributed by atoms with Gasteiger partial charge in [0, 0.05) is 22.8 Å². The molecule has 9 heteroatoms. The Hall–Kier alpha value is -2.35. The zero-order valence-corrected chi connectivity index (χ0v) is 17.3. The first-order valence-corrected chi connectivity index (χ1v) is 10.1. The van der Waals surface area contributed by atoms with Gasteiger partial charge in [0.2, 0.25) is 5.17 Å². The summed E-state index contributed by atoms with van der Waals surface area (Å²) in [6.45, 7) is 4.02. The summed E-state index contributed by atoms with van der Waals surface area (Å²) >= 11 is 13.6. The molecule has 2 aliphatic heterocycles. The van der Waals surface area contributed by atoms with Gasteiger partial charge in [-0.3, -0.25) is 10.2 Å². The van der Waals surface area contributed by atoms with Crippen molar-refractivity contribution in [3.05, 3.63) is 57.8 Å². The lowest BCUT2D eigenvalue weighted by molar-refractivity contribution is -0.114. The van der Waals surface area contributed by atoms with Crippen LogP contribution in [0.15, 0.2) is 52.2 Å². The molecule has 0 saturated carbocycles. The third kappa shape index (κ3) is 3.30. The van der Waals surface area contributed by atoms with Crippen LogP contribution in [0.2, 0.25) is 10.0 Å². The average molecular weight is 432 g/mol. The SMILES string of the molecule is CC(C)C1=NN2C(=N)/C(=C\c3cccn3-c3ccc(Cl)cc3Cl)C(=O)N=C2S1. The molecule has 6 nitrogen and oxygen atoms in total. The van der Waals surface area contributed by atoms with Crippen molar-refractivity contribution < 1.29 is 4.79 Å². The highest BCUT2D eigenvalue weighted by Gasteiger charge is 2.36. The molecule has 0 radical (unpaired) electrons. The van der Waals surface area contributed by atoms with Gasteiger partial charge in [0.25, 0.3) is 5.91 Å². The number of amides is 1. The van der Waals surface area contributed by atoms with Crippen molar-refractivity contribution in [1.29, 1.82) is 5.41 Å². The van der Waals surface area contributed by atoms with Crippen LogP contribution in [0.3, 0.4) is 0 Å². The number of hydrogen-bond acceptors (Lipinski definition) is 4. The highest BCUT2D eigenvalue weighted by atomic mass is 35.5. The van der Waals surface area contributed by atoms with Gasteiger partial charge in [-0.2, -0.15) is 15.1 Å². The Morgan fingerprint density at radius 1 is 1.25 bits per heavy atom. The van der Waals surface area contributed by atoms with Gasteiger partial charge < -0.3 is 4.57 Å². The second-order valence-corrected chi connectivity index (χ2v) is 8.34. The summed E-state index contributed by atoms with van der Waals surface area (Å²) in [5.41, 5.74) is 1.58. The number of hydrazone groups is 1. The molecule has 3 heterocycles. The van der Waals surface area contributed by atoms with Crippen LogP contribution in [0.4, 0.5) is 0 Å². The molecule has 1 aromatic carbocycles. The predicted octanol–water partition coefficient (Wildman–Crippen LogP) is 5.06. The molecular formula is C19H15Cl2N5OS. The Kier molecular flexibility index (Phi) is 4.91. The summed E-state index contributed by atoms with van der Waals surface area (Å²) in [6, 6.07) is 8.87. The van der Waals surface area contributed by atoms with E-state index in [1.54, 1.807) is 24.3 Å². The first-order valence-electron chi connectivity index (χ1n) is 8.48. The van der Waals surface area contributed by atoms with E-state index in [0.29, 0.717) is 20.9 Å². The van der Waals surface area contributed by atoms with Crippen molar-refractivity contribution in [2.75, 3.05) is 0 Å². The third-order valence-electron chi connectivity index (χ3n) is 4.21. The van der Waals surface area contributed by atoms with Crippen molar-refractivity contribution >= 4 is 63.0 Å². The number of benzene rings is 1. The van der Waals surface area contributed by atoms with Gasteiger partial charge >= 0.3 is 0 Å². The standard InChI is InChI=1S/C19H15Cl2N5OS/c1-10(2)18-24-26-16(22)13(17(27)23-19(26)28-18)9-12-4-3-7-25(12)15-6-5-11(20)8-14(15)21/h3-10,22H,1-2H3/b13-9+,22-16?. The van der Waals surface area contributed by atoms with Crippen molar-refractivity contribution in [1.82, 2.24) is 9.58 Å². The smallest absolute Gasteiger partial charge is 0.283 e.